The molecule has 154 valence electrons. The summed E-state index contributed by atoms with van der Waals surface area (Å²) < 4.78 is 5.61. The Balaban J connectivity index is 1.80. The number of anilines is 2. The summed E-state index contributed by atoms with van der Waals surface area (Å²) >= 11 is 12.4. The molecule has 0 aromatic heterocycles. The topological polar surface area (TPSA) is 67.4 Å². The van der Waals surface area contributed by atoms with Crippen molar-refractivity contribution in [3.63, 3.8) is 0 Å². The normalized spacial score (nSPS) is 21.0. The van der Waals surface area contributed by atoms with Crippen LogP contribution < -0.4 is 10.6 Å². The molecule has 1 aliphatic rings. The zero-order chi connectivity index (χ0) is 21.2. The van der Waals surface area contributed by atoms with E-state index in [2.05, 4.69) is 17.6 Å². The zero-order valence-electron chi connectivity index (χ0n) is 16.6. The summed E-state index contributed by atoms with van der Waals surface area (Å²) in [5.74, 6) is -0.226. The number of halogens is 2. The van der Waals surface area contributed by atoms with Crippen molar-refractivity contribution in [2.24, 2.45) is 5.41 Å². The van der Waals surface area contributed by atoms with E-state index in [1.165, 1.54) is 0 Å². The van der Waals surface area contributed by atoms with Crippen molar-refractivity contribution in [3.05, 3.63) is 57.6 Å². The average molecular weight is 435 g/mol. The van der Waals surface area contributed by atoms with Crippen LogP contribution in [-0.2, 0) is 9.53 Å². The van der Waals surface area contributed by atoms with Gasteiger partial charge in [-0.1, -0.05) is 43.5 Å². The van der Waals surface area contributed by atoms with Crippen LogP contribution in [0, 0.1) is 12.3 Å². The van der Waals surface area contributed by atoms with Gasteiger partial charge in [0.1, 0.15) is 6.10 Å². The fourth-order valence-corrected chi connectivity index (χ4v) is 4.29. The second-order valence-corrected chi connectivity index (χ2v) is 8.57. The maximum Gasteiger partial charge on any atom is 0.323 e. The predicted molar refractivity (Wildman–Crippen MR) is 117 cm³/mol. The van der Waals surface area contributed by atoms with Crippen molar-refractivity contribution in [2.75, 3.05) is 10.6 Å². The lowest BCUT2D eigenvalue weighted by Crippen LogP contribution is -2.22. The van der Waals surface area contributed by atoms with Crippen LogP contribution >= 0.6 is 23.2 Å². The van der Waals surface area contributed by atoms with Gasteiger partial charge in [-0.2, -0.15) is 0 Å². The molecule has 2 N–H and O–H groups in total. The molecule has 0 aliphatic carbocycles. The summed E-state index contributed by atoms with van der Waals surface area (Å²) in [7, 11) is 0. The van der Waals surface area contributed by atoms with Crippen LogP contribution in [0.15, 0.2) is 36.4 Å². The maximum atomic E-state index is 12.4. The Morgan fingerprint density at radius 2 is 1.97 bits per heavy atom. The fraction of sp³-hybridized carbons (Fsp3) is 0.364. The van der Waals surface area contributed by atoms with E-state index in [4.69, 9.17) is 27.9 Å². The van der Waals surface area contributed by atoms with E-state index in [-0.39, 0.29) is 17.4 Å². The number of amides is 2. The minimum absolute atomic E-state index is 0.226. The number of cyclic esters (lactones) is 1. The first-order chi connectivity index (χ1) is 13.7. The number of carbonyl (C=O) groups excluding carboxylic acids is 2. The van der Waals surface area contributed by atoms with E-state index in [1.807, 2.05) is 13.8 Å². The average Bonchev–Trinajstić information content (AvgIpc) is 2.93. The van der Waals surface area contributed by atoms with Crippen molar-refractivity contribution < 1.29 is 14.3 Å². The standard InChI is InChI=1S/C22H24Cl2N2O3/c1-4-9-22(3)12-19(27)29-20(22)16-11-15(6-7-17(16)24)25-21(28)26-18-8-5-14(23)10-13(18)2/h5-8,10-11,20H,4,9,12H2,1-3H3,(H2,25,26,28). The Labute approximate surface area is 180 Å². The first kappa shape index (κ1) is 21.5. The quantitative estimate of drug-likeness (QED) is 0.511. The summed E-state index contributed by atoms with van der Waals surface area (Å²) in [6.07, 6.45) is 1.69. The van der Waals surface area contributed by atoms with Crippen LogP contribution in [0.25, 0.3) is 0 Å². The number of rotatable bonds is 5. The highest BCUT2D eigenvalue weighted by atomic mass is 35.5. The van der Waals surface area contributed by atoms with E-state index >= 15 is 0 Å². The van der Waals surface area contributed by atoms with E-state index in [1.54, 1.807) is 36.4 Å². The van der Waals surface area contributed by atoms with Crippen LogP contribution in [0.2, 0.25) is 10.0 Å². The minimum Gasteiger partial charge on any atom is -0.457 e. The number of esters is 1. The third-order valence-corrected chi connectivity index (χ3v) is 5.80. The van der Waals surface area contributed by atoms with Gasteiger partial charge in [0.2, 0.25) is 0 Å². The first-order valence-electron chi connectivity index (χ1n) is 9.55. The molecule has 0 spiro atoms. The number of ether oxygens (including phenoxy) is 1. The molecule has 2 unspecified atom stereocenters. The number of benzene rings is 2. The monoisotopic (exact) mass is 434 g/mol. The van der Waals surface area contributed by atoms with Crippen LogP contribution in [0.1, 0.15) is 50.3 Å². The molecule has 7 heteroatoms. The Morgan fingerprint density at radius 1 is 1.21 bits per heavy atom. The number of nitrogens with one attached hydrogen (secondary N) is 2. The third-order valence-electron chi connectivity index (χ3n) is 5.22. The molecule has 1 aliphatic heterocycles. The molecule has 2 amide bonds. The van der Waals surface area contributed by atoms with Crippen LogP contribution in [0.4, 0.5) is 16.2 Å². The smallest absolute Gasteiger partial charge is 0.323 e. The van der Waals surface area contributed by atoms with Gasteiger partial charge in [0, 0.05) is 32.4 Å². The Kier molecular flexibility index (Phi) is 6.39. The molecular weight excluding hydrogens is 411 g/mol. The van der Waals surface area contributed by atoms with E-state index in [0.29, 0.717) is 33.4 Å². The van der Waals surface area contributed by atoms with Crippen LogP contribution in [0.5, 0.6) is 0 Å². The number of aryl methyl sites for hydroxylation is 1. The molecule has 0 saturated carbocycles. The first-order valence-corrected chi connectivity index (χ1v) is 10.3. The summed E-state index contributed by atoms with van der Waals surface area (Å²) in [6, 6.07) is 10.1. The fourth-order valence-electron chi connectivity index (χ4n) is 3.84. The minimum atomic E-state index is -0.439. The van der Waals surface area contributed by atoms with Crippen LogP contribution in [0.3, 0.4) is 0 Å². The highest BCUT2D eigenvalue weighted by Crippen LogP contribution is 2.50. The number of carbonyl (C=O) groups is 2. The van der Waals surface area contributed by atoms with Gasteiger partial charge >= 0.3 is 12.0 Å². The van der Waals surface area contributed by atoms with E-state index in [0.717, 1.165) is 18.4 Å². The van der Waals surface area contributed by atoms with Gasteiger partial charge in [-0.25, -0.2) is 4.79 Å². The maximum absolute atomic E-state index is 12.4. The van der Waals surface area contributed by atoms with Crippen molar-refractivity contribution >= 4 is 46.6 Å². The lowest BCUT2D eigenvalue weighted by Gasteiger charge is -2.29. The Morgan fingerprint density at radius 3 is 2.66 bits per heavy atom. The van der Waals surface area contributed by atoms with Gasteiger partial charge in [0.15, 0.2) is 0 Å². The molecule has 0 bridgehead atoms. The van der Waals surface area contributed by atoms with Gasteiger partial charge in [-0.3, -0.25) is 4.79 Å². The second kappa shape index (κ2) is 8.64. The van der Waals surface area contributed by atoms with E-state index < -0.39 is 6.10 Å². The van der Waals surface area contributed by atoms with E-state index in [9.17, 15) is 9.59 Å². The SMILES string of the molecule is CCCC1(C)CC(=O)OC1c1cc(NC(=O)Nc2ccc(Cl)cc2C)ccc1Cl. The largest absolute Gasteiger partial charge is 0.457 e. The lowest BCUT2D eigenvalue weighted by atomic mass is 9.76. The molecule has 2 aromatic rings. The molecule has 2 aromatic carbocycles. The summed E-state index contributed by atoms with van der Waals surface area (Å²) in [6.45, 7) is 5.98. The van der Waals surface area contributed by atoms with Crippen molar-refractivity contribution in [1.82, 2.24) is 0 Å². The number of hydrogen-bond donors (Lipinski definition) is 2. The highest BCUT2D eigenvalue weighted by molar-refractivity contribution is 6.31. The van der Waals surface area contributed by atoms with Crippen LogP contribution in [-0.4, -0.2) is 12.0 Å². The third kappa shape index (κ3) is 4.85. The summed E-state index contributed by atoms with van der Waals surface area (Å²) in [4.78, 5) is 24.4. The molecule has 1 fully saturated rings. The van der Waals surface area contributed by atoms with Gasteiger partial charge in [-0.05, 0) is 55.3 Å². The highest BCUT2D eigenvalue weighted by Gasteiger charge is 2.46. The number of hydrogen-bond acceptors (Lipinski definition) is 3. The van der Waals surface area contributed by atoms with Crippen molar-refractivity contribution in [2.45, 2.75) is 46.1 Å². The molecule has 29 heavy (non-hydrogen) atoms. The zero-order valence-corrected chi connectivity index (χ0v) is 18.2. The van der Waals surface area contributed by atoms with Gasteiger partial charge < -0.3 is 15.4 Å². The summed E-state index contributed by atoms with van der Waals surface area (Å²) in [5, 5.41) is 6.73. The molecule has 1 saturated heterocycles. The molecular formula is C22H24Cl2N2O3. The van der Waals surface area contributed by atoms with Crippen molar-refractivity contribution in [3.8, 4) is 0 Å². The Hall–Kier alpha value is -2.24. The molecule has 0 radical (unpaired) electrons. The predicted octanol–water partition coefficient (Wildman–Crippen LogP) is 6.74. The lowest BCUT2D eigenvalue weighted by molar-refractivity contribution is -0.142. The van der Waals surface area contributed by atoms with Gasteiger partial charge in [0.05, 0.1) is 6.42 Å². The Bertz CT molecular complexity index is 948. The molecule has 2 atom stereocenters. The molecule has 5 nitrogen and oxygen atoms in total. The molecule has 3 rings (SSSR count). The summed E-state index contributed by atoms with van der Waals surface area (Å²) in [5.41, 5.74) is 2.47. The van der Waals surface area contributed by atoms with Gasteiger partial charge in [0.25, 0.3) is 0 Å². The van der Waals surface area contributed by atoms with Gasteiger partial charge in [-0.15, -0.1) is 0 Å². The molecule has 1 heterocycles. The number of urea groups is 1. The van der Waals surface area contributed by atoms with Crippen molar-refractivity contribution in [1.29, 1.82) is 0 Å². The second-order valence-electron chi connectivity index (χ2n) is 7.73.